The molecule has 144 valence electrons. The summed E-state index contributed by atoms with van der Waals surface area (Å²) in [6.07, 6.45) is 6.50. The van der Waals surface area contributed by atoms with Gasteiger partial charge in [0.25, 0.3) is 5.91 Å². The molecule has 1 aromatic carbocycles. The van der Waals surface area contributed by atoms with Gasteiger partial charge in [-0.3, -0.25) is 4.79 Å². The summed E-state index contributed by atoms with van der Waals surface area (Å²) in [6.45, 7) is 2.52. The van der Waals surface area contributed by atoms with Crippen LogP contribution >= 0.6 is 0 Å². The summed E-state index contributed by atoms with van der Waals surface area (Å²) < 4.78 is 27.3. The highest BCUT2D eigenvalue weighted by atomic mass is 32.2. The Morgan fingerprint density at radius 3 is 2.35 bits per heavy atom. The van der Waals surface area contributed by atoms with Crippen LogP contribution in [-0.2, 0) is 10.0 Å². The summed E-state index contributed by atoms with van der Waals surface area (Å²) in [5.41, 5.74) is 6.39. The number of hydrogen-bond acceptors (Lipinski definition) is 4. The van der Waals surface area contributed by atoms with Crippen LogP contribution in [-0.4, -0.2) is 43.3 Å². The van der Waals surface area contributed by atoms with Crippen molar-refractivity contribution in [3.8, 4) is 0 Å². The molecule has 0 bridgehead atoms. The van der Waals surface area contributed by atoms with Gasteiger partial charge in [0.05, 0.1) is 4.90 Å². The number of nitrogens with one attached hydrogen (secondary N) is 1. The number of nitrogens with two attached hydrogens (primary N) is 1. The van der Waals surface area contributed by atoms with Crippen LogP contribution in [0.1, 0.15) is 62.2 Å². The molecule has 1 heterocycles. The van der Waals surface area contributed by atoms with Crippen molar-refractivity contribution in [2.75, 3.05) is 6.54 Å². The topological polar surface area (TPSA) is 92.5 Å². The largest absolute Gasteiger partial charge is 0.349 e. The Morgan fingerprint density at radius 2 is 1.73 bits per heavy atom. The summed E-state index contributed by atoms with van der Waals surface area (Å²) in [5.74, 6) is -0.152. The SMILES string of the molecule is CC1CCCCN1S(=O)(=O)c1ccc(C(=O)NC2CCC(N)CC2)cc1. The molecule has 1 aliphatic heterocycles. The molecule has 1 saturated heterocycles. The number of benzene rings is 1. The molecule has 2 fully saturated rings. The maximum absolute atomic E-state index is 12.8. The lowest BCUT2D eigenvalue weighted by atomic mass is 9.91. The zero-order valence-electron chi connectivity index (χ0n) is 15.4. The third kappa shape index (κ3) is 4.27. The van der Waals surface area contributed by atoms with Gasteiger partial charge in [0, 0.05) is 30.2 Å². The first kappa shape index (κ1) is 19.3. The molecule has 3 rings (SSSR count). The molecule has 1 unspecified atom stereocenters. The fourth-order valence-electron chi connectivity index (χ4n) is 3.87. The molecule has 0 aromatic heterocycles. The van der Waals surface area contributed by atoms with E-state index in [0.29, 0.717) is 12.1 Å². The number of hydrogen-bond donors (Lipinski definition) is 2. The van der Waals surface area contributed by atoms with Crippen LogP contribution in [0.15, 0.2) is 29.2 Å². The van der Waals surface area contributed by atoms with Crippen LogP contribution in [0.2, 0.25) is 0 Å². The predicted molar refractivity (Wildman–Crippen MR) is 101 cm³/mol. The average Bonchev–Trinajstić information content (AvgIpc) is 2.64. The Bertz CT molecular complexity index is 725. The number of carbonyl (C=O) groups excluding carboxylic acids is 1. The summed E-state index contributed by atoms with van der Waals surface area (Å²) in [5, 5.41) is 3.03. The van der Waals surface area contributed by atoms with Crippen LogP contribution in [0.5, 0.6) is 0 Å². The maximum Gasteiger partial charge on any atom is 0.251 e. The smallest absolute Gasteiger partial charge is 0.251 e. The second-order valence-corrected chi connectivity index (χ2v) is 9.46. The van der Waals surface area contributed by atoms with Gasteiger partial charge in [0.2, 0.25) is 10.0 Å². The Labute approximate surface area is 156 Å². The monoisotopic (exact) mass is 379 g/mol. The van der Waals surface area contributed by atoms with E-state index in [9.17, 15) is 13.2 Å². The summed E-state index contributed by atoms with van der Waals surface area (Å²) in [7, 11) is -3.50. The van der Waals surface area contributed by atoms with Crippen LogP contribution in [0.4, 0.5) is 0 Å². The molecule has 1 aromatic rings. The minimum Gasteiger partial charge on any atom is -0.349 e. The molecule has 0 spiro atoms. The van der Waals surface area contributed by atoms with Crippen molar-refractivity contribution >= 4 is 15.9 Å². The highest BCUT2D eigenvalue weighted by Gasteiger charge is 2.31. The second-order valence-electron chi connectivity index (χ2n) is 7.57. The standard InChI is InChI=1S/C19H29N3O3S/c1-14-4-2-3-13-22(14)26(24,25)18-11-5-15(6-12-18)19(23)21-17-9-7-16(20)8-10-17/h5-6,11-12,14,16-17H,2-4,7-10,13,20H2,1H3,(H,21,23). The maximum atomic E-state index is 12.8. The Balaban J connectivity index is 1.66. The highest BCUT2D eigenvalue weighted by Crippen LogP contribution is 2.25. The third-order valence-electron chi connectivity index (χ3n) is 5.57. The van der Waals surface area contributed by atoms with E-state index >= 15 is 0 Å². The molecular formula is C19H29N3O3S. The van der Waals surface area contributed by atoms with Gasteiger partial charge in [-0.2, -0.15) is 4.31 Å². The number of sulfonamides is 1. The molecule has 2 aliphatic rings. The molecule has 6 nitrogen and oxygen atoms in total. The number of piperidine rings is 1. The van der Waals surface area contributed by atoms with Gasteiger partial charge >= 0.3 is 0 Å². The van der Waals surface area contributed by atoms with Crippen LogP contribution in [0.3, 0.4) is 0 Å². The van der Waals surface area contributed by atoms with Gasteiger partial charge in [0.15, 0.2) is 0 Å². The molecule has 7 heteroatoms. The zero-order valence-corrected chi connectivity index (χ0v) is 16.2. The minimum absolute atomic E-state index is 0.0226. The van der Waals surface area contributed by atoms with Gasteiger partial charge < -0.3 is 11.1 Å². The first-order valence-electron chi connectivity index (χ1n) is 9.56. The Morgan fingerprint density at radius 1 is 1.08 bits per heavy atom. The molecule has 1 amide bonds. The van der Waals surface area contributed by atoms with E-state index in [-0.39, 0.29) is 28.9 Å². The van der Waals surface area contributed by atoms with E-state index in [1.807, 2.05) is 6.92 Å². The van der Waals surface area contributed by atoms with E-state index in [0.717, 1.165) is 44.9 Å². The predicted octanol–water partition coefficient (Wildman–Crippen LogP) is 2.25. The minimum atomic E-state index is -3.50. The number of amides is 1. The first-order chi connectivity index (χ1) is 12.4. The van der Waals surface area contributed by atoms with Crippen LogP contribution in [0, 0.1) is 0 Å². The third-order valence-corrected chi connectivity index (χ3v) is 7.60. The summed E-state index contributed by atoms with van der Waals surface area (Å²) >= 11 is 0. The molecule has 3 N–H and O–H groups in total. The summed E-state index contributed by atoms with van der Waals surface area (Å²) in [6, 6.07) is 6.71. The molecule has 1 atom stereocenters. The van der Waals surface area contributed by atoms with Crippen molar-refractivity contribution in [2.45, 2.75) is 74.9 Å². The molecule has 0 radical (unpaired) electrons. The van der Waals surface area contributed by atoms with E-state index < -0.39 is 10.0 Å². The highest BCUT2D eigenvalue weighted by molar-refractivity contribution is 7.89. The van der Waals surface area contributed by atoms with Gasteiger partial charge in [0.1, 0.15) is 0 Å². The second kappa shape index (κ2) is 8.06. The summed E-state index contributed by atoms with van der Waals surface area (Å²) in [4.78, 5) is 12.7. The molecule has 1 saturated carbocycles. The van der Waals surface area contributed by atoms with Crippen molar-refractivity contribution in [1.82, 2.24) is 9.62 Å². The molecular weight excluding hydrogens is 350 g/mol. The van der Waals surface area contributed by atoms with Crippen molar-refractivity contribution in [2.24, 2.45) is 5.73 Å². The van der Waals surface area contributed by atoms with E-state index in [2.05, 4.69) is 5.32 Å². The average molecular weight is 380 g/mol. The molecule has 1 aliphatic carbocycles. The van der Waals surface area contributed by atoms with Crippen molar-refractivity contribution in [1.29, 1.82) is 0 Å². The van der Waals surface area contributed by atoms with Crippen LogP contribution < -0.4 is 11.1 Å². The molecule has 26 heavy (non-hydrogen) atoms. The number of rotatable bonds is 4. The number of carbonyl (C=O) groups is 1. The lowest BCUT2D eigenvalue weighted by Crippen LogP contribution is -2.42. The normalized spacial score (nSPS) is 27.8. The van der Waals surface area contributed by atoms with Gasteiger partial charge in [-0.25, -0.2) is 8.42 Å². The Kier molecular flexibility index (Phi) is 5.99. The quantitative estimate of drug-likeness (QED) is 0.839. The lowest BCUT2D eigenvalue weighted by molar-refractivity contribution is 0.0925. The fourth-order valence-corrected chi connectivity index (χ4v) is 5.57. The number of nitrogens with zero attached hydrogens (tertiary/aromatic N) is 1. The van der Waals surface area contributed by atoms with Gasteiger partial charge in [-0.15, -0.1) is 0 Å². The fraction of sp³-hybridized carbons (Fsp3) is 0.632. The van der Waals surface area contributed by atoms with Gasteiger partial charge in [-0.05, 0) is 69.7 Å². The van der Waals surface area contributed by atoms with Crippen LogP contribution in [0.25, 0.3) is 0 Å². The first-order valence-corrected chi connectivity index (χ1v) is 11.0. The Hall–Kier alpha value is -1.44. The van der Waals surface area contributed by atoms with Gasteiger partial charge in [-0.1, -0.05) is 6.42 Å². The zero-order chi connectivity index (χ0) is 18.7. The lowest BCUT2D eigenvalue weighted by Gasteiger charge is -2.32. The van der Waals surface area contributed by atoms with E-state index in [1.165, 1.54) is 0 Å². The van der Waals surface area contributed by atoms with Crippen molar-refractivity contribution in [3.63, 3.8) is 0 Å². The van der Waals surface area contributed by atoms with Crippen molar-refractivity contribution < 1.29 is 13.2 Å². The van der Waals surface area contributed by atoms with E-state index in [1.54, 1.807) is 28.6 Å². The van der Waals surface area contributed by atoms with E-state index in [4.69, 9.17) is 5.73 Å². The van der Waals surface area contributed by atoms with Crippen molar-refractivity contribution in [3.05, 3.63) is 29.8 Å².